The van der Waals surface area contributed by atoms with Crippen LogP contribution in [0.2, 0.25) is 0 Å². The molecule has 0 atom stereocenters. The third kappa shape index (κ3) is 2.87. The van der Waals surface area contributed by atoms with E-state index in [1.165, 1.54) is 12.8 Å². The average Bonchev–Trinajstić information content (AvgIpc) is 2.43. The number of hydrazine groups is 1. The summed E-state index contributed by atoms with van der Waals surface area (Å²) >= 11 is 0. The Morgan fingerprint density at radius 2 is 2.00 bits per heavy atom. The molecule has 0 fully saturated rings. The predicted molar refractivity (Wildman–Crippen MR) is 75.4 cm³/mol. The van der Waals surface area contributed by atoms with Gasteiger partial charge < -0.3 is 5.32 Å². The number of benzene rings is 1. The van der Waals surface area contributed by atoms with Crippen LogP contribution in [0, 0.1) is 0 Å². The molecule has 0 amide bonds. The van der Waals surface area contributed by atoms with Gasteiger partial charge in [0.05, 0.1) is 5.52 Å². The first kappa shape index (κ1) is 12.6. The van der Waals surface area contributed by atoms with Crippen LogP contribution in [0.3, 0.4) is 0 Å². The highest BCUT2D eigenvalue weighted by Crippen LogP contribution is 2.21. The van der Waals surface area contributed by atoms with Crippen LogP contribution in [-0.4, -0.2) is 16.5 Å². The molecule has 2 aromatic rings. The summed E-state index contributed by atoms with van der Waals surface area (Å²) in [7, 11) is 0. The lowest BCUT2D eigenvalue weighted by Gasteiger charge is -2.10. The van der Waals surface area contributed by atoms with Crippen LogP contribution in [0.15, 0.2) is 24.3 Å². The lowest BCUT2D eigenvalue weighted by Crippen LogP contribution is -2.12. The molecule has 1 heterocycles. The van der Waals surface area contributed by atoms with Gasteiger partial charge in [-0.1, -0.05) is 31.9 Å². The molecule has 0 aliphatic heterocycles. The molecule has 5 nitrogen and oxygen atoms in total. The number of unbranched alkanes of at least 4 members (excludes halogenated alkanes) is 2. The van der Waals surface area contributed by atoms with Gasteiger partial charge in [-0.15, -0.1) is 0 Å². The smallest absolute Gasteiger partial charge is 0.239 e. The highest BCUT2D eigenvalue weighted by Gasteiger charge is 2.05. The molecule has 0 unspecified atom stereocenters. The minimum Gasteiger partial charge on any atom is -0.369 e. The number of para-hydroxylation sites is 1. The van der Waals surface area contributed by atoms with E-state index in [9.17, 15) is 0 Å². The van der Waals surface area contributed by atoms with Gasteiger partial charge in [0.2, 0.25) is 5.95 Å². The number of nitrogen functional groups attached to an aromatic ring is 1. The number of hydrogen-bond donors (Lipinski definition) is 3. The zero-order valence-electron chi connectivity index (χ0n) is 10.6. The van der Waals surface area contributed by atoms with Gasteiger partial charge in [-0.05, 0) is 18.6 Å². The van der Waals surface area contributed by atoms with E-state index in [0.717, 1.165) is 29.7 Å². The van der Waals surface area contributed by atoms with E-state index in [-0.39, 0.29) is 0 Å². The van der Waals surface area contributed by atoms with Crippen molar-refractivity contribution in [2.24, 2.45) is 5.84 Å². The van der Waals surface area contributed by atoms with Gasteiger partial charge in [-0.25, -0.2) is 10.8 Å². The van der Waals surface area contributed by atoms with E-state index in [0.29, 0.717) is 5.95 Å². The molecule has 0 aliphatic carbocycles. The van der Waals surface area contributed by atoms with E-state index < -0.39 is 0 Å². The van der Waals surface area contributed by atoms with Crippen LogP contribution in [0.4, 0.5) is 11.8 Å². The molecule has 1 aromatic heterocycles. The average molecular weight is 245 g/mol. The van der Waals surface area contributed by atoms with Crippen molar-refractivity contribution >= 4 is 22.7 Å². The largest absolute Gasteiger partial charge is 0.369 e. The summed E-state index contributed by atoms with van der Waals surface area (Å²) in [5, 5.41) is 4.37. The van der Waals surface area contributed by atoms with Crippen LogP contribution in [0.5, 0.6) is 0 Å². The fourth-order valence-corrected chi connectivity index (χ4v) is 1.86. The molecule has 1 aromatic carbocycles. The van der Waals surface area contributed by atoms with E-state index in [4.69, 9.17) is 5.84 Å². The normalized spacial score (nSPS) is 10.6. The Kier molecular flexibility index (Phi) is 4.30. The molecule has 0 aliphatic rings. The number of rotatable bonds is 6. The quantitative estimate of drug-likeness (QED) is 0.414. The van der Waals surface area contributed by atoms with Gasteiger partial charge in [0.15, 0.2) is 0 Å². The second-order valence-corrected chi connectivity index (χ2v) is 4.19. The van der Waals surface area contributed by atoms with Gasteiger partial charge >= 0.3 is 0 Å². The summed E-state index contributed by atoms with van der Waals surface area (Å²) in [5.74, 6) is 6.66. The molecule has 18 heavy (non-hydrogen) atoms. The van der Waals surface area contributed by atoms with Crippen LogP contribution < -0.4 is 16.6 Å². The number of hydrogen-bond acceptors (Lipinski definition) is 5. The lowest BCUT2D eigenvalue weighted by atomic mass is 10.2. The molecule has 0 bridgehead atoms. The third-order valence-corrected chi connectivity index (χ3v) is 2.81. The number of aromatic nitrogens is 2. The highest BCUT2D eigenvalue weighted by molar-refractivity contribution is 5.89. The molecule has 0 saturated heterocycles. The minimum absolute atomic E-state index is 0.437. The predicted octanol–water partition coefficient (Wildman–Crippen LogP) is 2.52. The zero-order chi connectivity index (χ0) is 12.8. The Balaban J connectivity index is 2.23. The summed E-state index contributed by atoms with van der Waals surface area (Å²) in [4.78, 5) is 8.67. The summed E-state index contributed by atoms with van der Waals surface area (Å²) < 4.78 is 0. The first-order valence-corrected chi connectivity index (χ1v) is 6.32. The molecule has 0 spiro atoms. The molecule has 2 rings (SSSR count). The Bertz CT molecular complexity index is 512. The lowest BCUT2D eigenvalue weighted by molar-refractivity contribution is 0.742. The first-order valence-electron chi connectivity index (χ1n) is 6.32. The van der Waals surface area contributed by atoms with Crippen molar-refractivity contribution in [2.75, 3.05) is 17.3 Å². The van der Waals surface area contributed by atoms with Crippen LogP contribution in [-0.2, 0) is 0 Å². The molecule has 4 N–H and O–H groups in total. The Morgan fingerprint density at radius 1 is 1.17 bits per heavy atom. The second-order valence-electron chi connectivity index (χ2n) is 4.19. The van der Waals surface area contributed by atoms with Gasteiger partial charge in [0.25, 0.3) is 0 Å². The molecule has 96 valence electrons. The van der Waals surface area contributed by atoms with Gasteiger partial charge in [-0.2, -0.15) is 4.98 Å². The van der Waals surface area contributed by atoms with Crippen LogP contribution in [0.1, 0.15) is 26.2 Å². The van der Waals surface area contributed by atoms with Gasteiger partial charge in [0.1, 0.15) is 5.82 Å². The second kappa shape index (κ2) is 6.16. The van der Waals surface area contributed by atoms with Crippen molar-refractivity contribution in [3.05, 3.63) is 24.3 Å². The van der Waals surface area contributed by atoms with Crippen molar-refractivity contribution < 1.29 is 0 Å². The maximum absolute atomic E-state index is 5.38. The van der Waals surface area contributed by atoms with E-state index in [1.807, 2.05) is 24.3 Å². The van der Waals surface area contributed by atoms with E-state index in [1.54, 1.807) is 0 Å². The van der Waals surface area contributed by atoms with Gasteiger partial charge in [0, 0.05) is 11.9 Å². The Morgan fingerprint density at radius 3 is 2.78 bits per heavy atom. The number of fused-ring (bicyclic) bond motifs is 1. The third-order valence-electron chi connectivity index (χ3n) is 2.81. The monoisotopic (exact) mass is 245 g/mol. The fraction of sp³-hybridized carbons (Fsp3) is 0.385. The molecule has 0 saturated carbocycles. The fourth-order valence-electron chi connectivity index (χ4n) is 1.86. The molecular weight excluding hydrogens is 226 g/mol. The van der Waals surface area contributed by atoms with E-state index in [2.05, 4.69) is 27.6 Å². The summed E-state index contributed by atoms with van der Waals surface area (Å²) in [6, 6.07) is 7.90. The maximum Gasteiger partial charge on any atom is 0.239 e. The number of anilines is 2. The van der Waals surface area contributed by atoms with Crippen molar-refractivity contribution in [1.82, 2.24) is 9.97 Å². The summed E-state index contributed by atoms with van der Waals surface area (Å²) in [6.07, 6.45) is 3.57. The van der Waals surface area contributed by atoms with Crippen molar-refractivity contribution in [1.29, 1.82) is 0 Å². The minimum atomic E-state index is 0.437. The van der Waals surface area contributed by atoms with Gasteiger partial charge in [-0.3, -0.25) is 5.43 Å². The molecular formula is C13H19N5. The van der Waals surface area contributed by atoms with Crippen molar-refractivity contribution in [3.8, 4) is 0 Å². The van der Waals surface area contributed by atoms with Crippen LogP contribution in [0.25, 0.3) is 10.9 Å². The van der Waals surface area contributed by atoms with Crippen molar-refractivity contribution in [3.63, 3.8) is 0 Å². The molecule has 5 heteroatoms. The summed E-state index contributed by atoms with van der Waals surface area (Å²) in [5.41, 5.74) is 3.39. The number of nitrogens with one attached hydrogen (secondary N) is 2. The standard InChI is InChI=1S/C13H19N5/c1-2-3-6-9-15-12-10-7-4-5-8-11(10)16-13(17-12)18-14/h4-5,7-8H,2-3,6,9,14H2,1H3,(H2,15,16,17,18). The Labute approximate surface area is 107 Å². The molecule has 0 radical (unpaired) electrons. The Hall–Kier alpha value is -1.88. The number of nitrogens with two attached hydrogens (primary N) is 1. The topological polar surface area (TPSA) is 75.9 Å². The van der Waals surface area contributed by atoms with Crippen molar-refractivity contribution in [2.45, 2.75) is 26.2 Å². The SMILES string of the molecule is CCCCCNc1nc(NN)nc2ccccc12. The van der Waals surface area contributed by atoms with Crippen LogP contribution >= 0.6 is 0 Å². The number of nitrogens with zero attached hydrogens (tertiary/aromatic N) is 2. The maximum atomic E-state index is 5.38. The zero-order valence-corrected chi connectivity index (χ0v) is 10.6. The first-order chi connectivity index (χ1) is 8.85. The van der Waals surface area contributed by atoms with E-state index >= 15 is 0 Å². The highest BCUT2D eigenvalue weighted by atomic mass is 15.3. The summed E-state index contributed by atoms with van der Waals surface area (Å²) in [6.45, 7) is 3.11.